The molecular formula is C14H23N. The van der Waals surface area contributed by atoms with Crippen LogP contribution in [0.5, 0.6) is 0 Å². The molecule has 1 N–H and O–H groups in total. The van der Waals surface area contributed by atoms with E-state index in [0.717, 1.165) is 6.54 Å². The van der Waals surface area contributed by atoms with Crippen LogP contribution < -0.4 is 5.32 Å². The monoisotopic (exact) mass is 205 g/mol. The molecule has 0 aliphatic rings. The van der Waals surface area contributed by atoms with Gasteiger partial charge in [-0.2, -0.15) is 0 Å². The van der Waals surface area contributed by atoms with Gasteiger partial charge in [-0.25, -0.2) is 0 Å². The Balaban J connectivity index is 3.22. The molecule has 1 aromatic rings. The molecule has 0 atom stereocenters. The zero-order valence-corrected chi connectivity index (χ0v) is 10.6. The normalized spacial score (nSPS) is 11.1. The third-order valence-electron chi connectivity index (χ3n) is 2.71. The van der Waals surface area contributed by atoms with Gasteiger partial charge in [0.2, 0.25) is 0 Å². The highest BCUT2D eigenvalue weighted by molar-refractivity contribution is 5.57. The van der Waals surface area contributed by atoms with Gasteiger partial charge in [-0.05, 0) is 36.0 Å². The van der Waals surface area contributed by atoms with Gasteiger partial charge in [-0.1, -0.05) is 39.8 Å². The zero-order chi connectivity index (χ0) is 11.4. The van der Waals surface area contributed by atoms with E-state index >= 15 is 0 Å². The number of anilines is 1. The van der Waals surface area contributed by atoms with Crippen molar-refractivity contribution in [2.24, 2.45) is 0 Å². The average Bonchev–Trinajstić information content (AvgIpc) is 2.17. The summed E-state index contributed by atoms with van der Waals surface area (Å²) in [6.07, 6.45) is 0. The third-order valence-corrected chi connectivity index (χ3v) is 2.71. The lowest BCUT2D eigenvalue weighted by Crippen LogP contribution is -2.06. The maximum absolute atomic E-state index is 3.45. The third kappa shape index (κ3) is 2.74. The van der Waals surface area contributed by atoms with Crippen molar-refractivity contribution < 1.29 is 0 Å². The minimum atomic E-state index is 0.581. The van der Waals surface area contributed by atoms with Gasteiger partial charge in [-0.15, -0.1) is 0 Å². The molecule has 1 heteroatoms. The van der Waals surface area contributed by atoms with Crippen LogP contribution in [0.2, 0.25) is 0 Å². The fourth-order valence-corrected chi connectivity index (χ4v) is 2.08. The molecule has 84 valence electrons. The Kier molecular flexibility index (Phi) is 4.19. The van der Waals surface area contributed by atoms with Gasteiger partial charge in [0, 0.05) is 12.2 Å². The van der Waals surface area contributed by atoms with E-state index in [-0.39, 0.29) is 0 Å². The summed E-state index contributed by atoms with van der Waals surface area (Å²) < 4.78 is 0. The summed E-state index contributed by atoms with van der Waals surface area (Å²) in [7, 11) is 0. The minimum absolute atomic E-state index is 0.581. The van der Waals surface area contributed by atoms with E-state index in [1.165, 1.54) is 16.8 Å². The summed E-state index contributed by atoms with van der Waals surface area (Å²) in [6.45, 7) is 12.2. The van der Waals surface area contributed by atoms with Gasteiger partial charge in [0.15, 0.2) is 0 Å². The Morgan fingerprint density at radius 1 is 1.07 bits per heavy atom. The number of nitrogens with one attached hydrogen (secondary N) is 1. The Morgan fingerprint density at radius 2 is 1.73 bits per heavy atom. The lowest BCUT2D eigenvalue weighted by Gasteiger charge is -2.20. The van der Waals surface area contributed by atoms with Gasteiger partial charge in [0.1, 0.15) is 0 Å². The van der Waals surface area contributed by atoms with Crippen LogP contribution in [0.4, 0.5) is 5.69 Å². The van der Waals surface area contributed by atoms with Crippen molar-refractivity contribution in [2.75, 3.05) is 11.9 Å². The molecule has 0 saturated heterocycles. The van der Waals surface area contributed by atoms with Crippen LogP contribution in [0, 0.1) is 0 Å². The Bertz CT molecular complexity index is 313. The number of hydrogen-bond acceptors (Lipinski definition) is 1. The molecule has 0 radical (unpaired) electrons. The van der Waals surface area contributed by atoms with Gasteiger partial charge in [0.25, 0.3) is 0 Å². The standard InChI is InChI=1S/C14H23N/c1-6-15-13-9-7-8-12(10(2)3)14(13)11(4)5/h7-11,15H,6H2,1-5H3. The predicted octanol–water partition coefficient (Wildman–Crippen LogP) is 4.37. The SMILES string of the molecule is CCNc1cccc(C(C)C)c1C(C)C. The van der Waals surface area contributed by atoms with Crippen molar-refractivity contribution in [3.05, 3.63) is 29.3 Å². The molecule has 0 heterocycles. The molecule has 0 fully saturated rings. The second-order valence-electron chi connectivity index (χ2n) is 4.65. The van der Waals surface area contributed by atoms with Crippen LogP contribution in [-0.4, -0.2) is 6.54 Å². The lowest BCUT2D eigenvalue weighted by molar-refractivity contribution is 0.791. The highest BCUT2D eigenvalue weighted by atomic mass is 14.9. The maximum atomic E-state index is 3.45. The Hall–Kier alpha value is -0.980. The van der Waals surface area contributed by atoms with Crippen molar-refractivity contribution in [3.8, 4) is 0 Å². The maximum Gasteiger partial charge on any atom is 0.0378 e. The van der Waals surface area contributed by atoms with E-state index in [0.29, 0.717) is 11.8 Å². The van der Waals surface area contributed by atoms with E-state index < -0.39 is 0 Å². The van der Waals surface area contributed by atoms with Crippen LogP contribution in [0.1, 0.15) is 57.6 Å². The molecule has 0 aromatic heterocycles. The van der Waals surface area contributed by atoms with Crippen molar-refractivity contribution in [1.29, 1.82) is 0 Å². The smallest absolute Gasteiger partial charge is 0.0378 e. The molecule has 0 bridgehead atoms. The molecule has 0 aliphatic carbocycles. The lowest BCUT2D eigenvalue weighted by atomic mass is 9.89. The molecule has 0 spiro atoms. The largest absolute Gasteiger partial charge is 0.385 e. The van der Waals surface area contributed by atoms with Gasteiger partial charge >= 0.3 is 0 Å². The van der Waals surface area contributed by atoms with Crippen LogP contribution in [0.25, 0.3) is 0 Å². The quantitative estimate of drug-likeness (QED) is 0.770. The van der Waals surface area contributed by atoms with E-state index in [2.05, 4.69) is 58.1 Å². The molecule has 1 rings (SSSR count). The summed E-state index contributed by atoms with van der Waals surface area (Å²) in [4.78, 5) is 0. The van der Waals surface area contributed by atoms with Gasteiger partial charge in [-0.3, -0.25) is 0 Å². The van der Waals surface area contributed by atoms with Crippen LogP contribution in [-0.2, 0) is 0 Å². The zero-order valence-electron chi connectivity index (χ0n) is 10.6. The van der Waals surface area contributed by atoms with Gasteiger partial charge < -0.3 is 5.32 Å². The first-order valence-corrected chi connectivity index (χ1v) is 5.94. The molecule has 0 amide bonds. The van der Waals surface area contributed by atoms with Crippen LogP contribution in [0.15, 0.2) is 18.2 Å². The Morgan fingerprint density at radius 3 is 2.20 bits per heavy atom. The molecule has 1 aromatic carbocycles. The average molecular weight is 205 g/mol. The minimum Gasteiger partial charge on any atom is -0.385 e. The molecular weight excluding hydrogens is 182 g/mol. The predicted molar refractivity (Wildman–Crippen MR) is 68.8 cm³/mol. The summed E-state index contributed by atoms with van der Waals surface area (Å²) in [5.74, 6) is 1.18. The molecule has 0 unspecified atom stereocenters. The fraction of sp³-hybridized carbons (Fsp3) is 0.571. The highest BCUT2D eigenvalue weighted by Gasteiger charge is 2.13. The van der Waals surface area contributed by atoms with Crippen molar-refractivity contribution in [1.82, 2.24) is 0 Å². The van der Waals surface area contributed by atoms with Crippen molar-refractivity contribution in [3.63, 3.8) is 0 Å². The second-order valence-corrected chi connectivity index (χ2v) is 4.65. The first kappa shape index (κ1) is 12.1. The number of benzene rings is 1. The summed E-state index contributed by atoms with van der Waals surface area (Å²) in [6, 6.07) is 6.59. The first-order valence-electron chi connectivity index (χ1n) is 5.94. The summed E-state index contributed by atoms with van der Waals surface area (Å²) >= 11 is 0. The number of hydrogen-bond donors (Lipinski definition) is 1. The van der Waals surface area contributed by atoms with E-state index in [4.69, 9.17) is 0 Å². The summed E-state index contributed by atoms with van der Waals surface area (Å²) in [5.41, 5.74) is 4.26. The van der Waals surface area contributed by atoms with Gasteiger partial charge in [0.05, 0.1) is 0 Å². The van der Waals surface area contributed by atoms with E-state index in [9.17, 15) is 0 Å². The van der Waals surface area contributed by atoms with E-state index in [1.54, 1.807) is 0 Å². The molecule has 15 heavy (non-hydrogen) atoms. The second kappa shape index (κ2) is 5.20. The highest BCUT2D eigenvalue weighted by Crippen LogP contribution is 2.32. The molecule has 1 nitrogen and oxygen atoms in total. The fourth-order valence-electron chi connectivity index (χ4n) is 2.08. The van der Waals surface area contributed by atoms with Crippen LogP contribution >= 0.6 is 0 Å². The first-order chi connectivity index (χ1) is 7.07. The van der Waals surface area contributed by atoms with Crippen molar-refractivity contribution in [2.45, 2.75) is 46.5 Å². The summed E-state index contributed by atoms with van der Waals surface area (Å²) in [5, 5.41) is 3.45. The molecule has 0 aliphatic heterocycles. The number of rotatable bonds is 4. The van der Waals surface area contributed by atoms with E-state index in [1.807, 2.05) is 0 Å². The van der Waals surface area contributed by atoms with Crippen molar-refractivity contribution >= 4 is 5.69 Å². The Labute approximate surface area is 93.9 Å². The van der Waals surface area contributed by atoms with Crippen LogP contribution in [0.3, 0.4) is 0 Å². The molecule has 0 saturated carbocycles. The topological polar surface area (TPSA) is 12.0 Å².